The van der Waals surface area contributed by atoms with Gasteiger partial charge in [0.15, 0.2) is 0 Å². The number of aromatic nitrogens is 2. The van der Waals surface area contributed by atoms with Gasteiger partial charge in [0.25, 0.3) is 0 Å². The van der Waals surface area contributed by atoms with Gasteiger partial charge in [-0.1, -0.05) is 12.1 Å². The summed E-state index contributed by atoms with van der Waals surface area (Å²) in [7, 11) is 1.92. The lowest BCUT2D eigenvalue weighted by Gasteiger charge is -2.07. The summed E-state index contributed by atoms with van der Waals surface area (Å²) in [6, 6.07) is 9.47. The minimum absolute atomic E-state index is 0.0406. The molecule has 0 radical (unpaired) electrons. The molecule has 1 N–H and O–H groups in total. The van der Waals surface area contributed by atoms with Crippen LogP contribution in [0.25, 0.3) is 0 Å². The first-order chi connectivity index (χ1) is 8.29. The summed E-state index contributed by atoms with van der Waals surface area (Å²) < 4.78 is 7.47. The molecule has 0 unspecified atom stereocenters. The van der Waals surface area contributed by atoms with Crippen LogP contribution < -0.4 is 4.74 Å². The highest BCUT2D eigenvalue weighted by Gasteiger charge is 2.00. The molecule has 1 aromatic heterocycles. The van der Waals surface area contributed by atoms with Crippen molar-refractivity contribution in [1.29, 1.82) is 0 Å². The first-order valence-corrected chi connectivity index (χ1v) is 5.59. The second-order valence-corrected chi connectivity index (χ2v) is 3.85. The van der Waals surface area contributed by atoms with Gasteiger partial charge in [-0.05, 0) is 23.8 Å². The molecule has 0 saturated carbocycles. The number of aryl methyl sites for hydroxylation is 1. The van der Waals surface area contributed by atoms with E-state index in [0.717, 1.165) is 23.4 Å². The Kier molecular flexibility index (Phi) is 3.77. The van der Waals surface area contributed by atoms with E-state index in [2.05, 4.69) is 5.10 Å². The fourth-order valence-electron chi connectivity index (χ4n) is 1.65. The van der Waals surface area contributed by atoms with Crippen LogP contribution in [0.4, 0.5) is 0 Å². The summed E-state index contributed by atoms with van der Waals surface area (Å²) in [5, 5.41) is 13.1. The third-order valence-electron chi connectivity index (χ3n) is 2.63. The lowest BCUT2D eigenvalue weighted by atomic mass is 10.2. The van der Waals surface area contributed by atoms with Crippen molar-refractivity contribution in [3.63, 3.8) is 0 Å². The molecule has 0 bridgehead atoms. The second-order valence-electron chi connectivity index (χ2n) is 3.85. The lowest BCUT2D eigenvalue weighted by molar-refractivity contribution is 0.279. The molecular formula is C13H16N2O2. The Hall–Kier alpha value is -1.81. The van der Waals surface area contributed by atoms with Crippen LogP contribution in [-0.4, -0.2) is 21.5 Å². The molecule has 4 nitrogen and oxygen atoms in total. The summed E-state index contributed by atoms with van der Waals surface area (Å²) in [4.78, 5) is 0. The molecule has 90 valence electrons. The number of hydrogen-bond acceptors (Lipinski definition) is 3. The van der Waals surface area contributed by atoms with Crippen LogP contribution in [0.2, 0.25) is 0 Å². The molecule has 0 aliphatic heterocycles. The van der Waals surface area contributed by atoms with Gasteiger partial charge in [0.2, 0.25) is 0 Å². The van der Waals surface area contributed by atoms with Crippen molar-refractivity contribution in [2.24, 2.45) is 7.05 Å². The molecular weight excluding hydrogens is 216 g/mol. The molecule has 0 amide bonds. The normalized spacial score (nSPS) is 10.5. The minimum Gasteiger partial charge on any atom is -0.493 e. The van der Waals surface area contributed by atoms with Gasteiger partial charge in [0.05, 0.1) is 13.2 Å². The summed E-state index contributed by atoms with van der Waals surface area (Å²) in [5.41, 5.74) is 2.01. The zero-order chi connectivity index (χ0) is 12.1. The standard InChI is InChI=1S/C13H16N2O2/c1-15-12(5-7-14-15)6-8-17-13-4-2-3-11(9-13)10-16/h2-5,7,9,16H,6,8,10H2,1H3. The highest BCUT2D eigenvalue weighted by atomic mass is 16.5. The molecule has 2 aromatic rings. The topological polar surface area (TPSA) is 47.3 Å². The fraction of sp³-hybridized carbons (Fsp3) is 0.308. The maximum atomic E-state index is 9.01. The molecule has 0 aliphatic carbocycles. The van der Waals surface area contributed by atoms with Crippen LogP contribution in [0.1, 0.15) is 11.3 Å². The first kappa shape index (κ1) is 11.7. The summed E-state index contributed by atoms with van der Waals surface area (Å²) in [6.45, 7) is 0.646. The zero-order valence-electron chi connectivity index (χ0n) is 9.84. The molecule has 0 aliphatic rings. The van der Waals surface area contributed by atoms with E-state index in [4.69, 9.17) is 9.84 Å². The van der Waals surface area contributed by atoms with Crippen LogP contribution in [0.3, 0.4) is 0 Å². The van der Waals surface area contributed by atoms with Crippen molar-refractivity contribution in [2.45, 2.75) is 13.0 Å². The van der Waals surface area contributed by atoms with Gasteiger partial charge in [0.1, 0.15) is 5.75 Å². The number of aliphatic hydroxyl groups is 1. The second kappa shape index (κ2) is 5.50. The predicted molar refractivity (Wildman–Crippen MR) is 64.8 cm³/mol. The Morgan fingerprint density at radius 2 is 2.24 bits per heavy atom. The highest BCUT2D eigenvalue weighted by molar-refractivity contribution is 5.28. The lowest BCUT2D eigenvalue weighted by Crippen LogP contribution is -2.06. The van der Waals surface area contributed by atoms with Gasteiger partial charge in [-0.3, -0.25) is 4.68 Å². The highest BCUT2D eigenvalue weighted by Crippen LogP contribution is 2.13. The number of benzene rings is 1. The third kappa shape index (κ3) is 3.07. The van der Waals surface area contributed by atoms with Crippen molar-refractivity contribution in [2.75, 3.05) is 6.61 Å². The van der Waals surface area contributed by atoms with Gasteiger partial charge in [-0.2, -0.15) is 5.10 Å². The van der Waals surface area contributed by atoms with E-state index in [9.17, 15) is 0 Å². The molecule has 1 heterocycles. The molecule has 1 aromatic carbocycles. The maximum absolute atomic E-state index is 9.01. The zero-order valence-corrected chi connectivity index (χ0v) is 9.84. The van der Waals surface area contributed by atoms with E-state index >= 15 is 0 Å². The molecule has 0 fully saturated rings. The molecule has 17 heavy (non-hydrogen) atoms. The number of nitrogens with zero attached hydrogens (tertiary/aromatic N) is 2. The van der Waals surface area contributed by atoms with Gasteiger partial charge in [0, 0.05) is 25.4 Å². The van der Waals surface area contributed by atoms with E-state index in [1.165, 1.54) is 0 Å². The number of ether oxygens (including phenoxy) is 1. The van der Waals surface area contributed by atoms with Crippen LogP contribution >= 0.6 is 0 Å². The van der Waals surface area contributed by atoms with Crippen LogP contribution in [0.15, 0.2) is 36.5 Å². The number of hydrogen-bond donors (Lipinski definition) is 1. The van der Waals surface area contributed by atoms with E-state index in [1.807, 2.05) is 42.1 Å². The quantitative estimate of drug-likeness (QED) is 0.850. The first-order valence-electron chi connectivity index (χ1n) is 5.59. The predicted octanol–water partition coefficient (Wildman–Crippen LogP) is 1.53. The van der Waals surface area contributed by atoms with Crippen molar-refractivity contribution >= 4 is 0 Å². The van der Waals surface area contributed by atoms with E-state index in [1.54, 1.807) is 6.20 Å². The Bertz CT molecular complexity index is 480. The maximum Gasteiger partial charge on any atom is 0.119 e. The van der Waals surface area contributed by atoms with Crippen LogP contribution in [-0.2, 0) is 20.1 Å². The summed E-state index contributed by atoms with van der Waals surface area (Å²) in [5.74, 6) is 0.790. The Labute approximate surface area is 100 Å². The monoisotopic (exact) mass is 232 g/mol. The average Bonchev–Trinajstić information content (AvgIpc) is 2.76. The largest absolute Gasteiger partial charge is 0.493 e. The molecule has 0 saturated heterocycles. The average molecular weight is 232 g/mol. The van der Waals surface area contributed by atoms with E-state index < -0.39 is 0 Å². The number of aliphatic hydroxyl groups excluding tert-OH is 1. The van der Waals surface area contributed by atoms with Gasteiger partial charge in [-0.25, -0.2) is 0 Å². The van der Waals surface area contributed by atoms with Crippen molar-refractivity contribution < 1.29 is 9.84 Å². The minimum atomic E-state index is 0.0406. The molecule has 2 rings (SSSR count). The van der Waals surface area contributed by atoms with Crippen LogP contribution in [0, 0.1) is 0 Å². The SMILES string of the molecule is Cn1nccc1CCOc1cccc(CO)c1. The van der Waals surface area contributed by atoms with Gasteiger partial charge < -0.3 is 9.84 Å². The van der Waals surface area contributed by atoms with Gasteiger partial charge in [-0.15, -0.1) is 0 Å². The third-order valence-corrected chi connectivity index (χ3v) is 2.63. The van der Waals surface area contributed by atoms with Gasteiger partial charge >= 0.3 is 0 Å². The number of rotatable bonds is 5. The molecule has 0 atom stereocenters. The van der Waals surface area contributed by atoms with Crippen molar-refractivity contribution in [3.8, 4) is 5.75 Å². The Morgan fingerprint density at radius 3 is 2.94 bits per heavy atom. The van der Waals surface area contributed by atoms with E-state index in [0.29, 0.717) is 6.61 Å². The summed E-state index contributed by atoms with van der Waals surface area (Å²) in [6.07, 6.45) is 2.60. The molecule has 4 heteroatoms. The smallest absolute Gasteiger partial charge is 0.119 e. The van der Waals surface area contributed by atoms with Crippen molar-refractivity contribution in [3.05, 3.63) is 47.8 Å². The molecule has 0 spiro atoms. The van der Waals surface area contributed by atoms with Crippen LogP contribution in [0.5, 0.6) is 5.75 Å². The Balaban J connectivity index is 1.87. The Morgan fingerprint density at radius 1 is 1.35 bits per heavy atom. The van der Waals surface area contributed by atoms with Crippen molar-refractivity contribution in [1.82, 2.24) is 9.78 Å². The summed E-state index contributed by atoms with van der Waals surface area (Å²) >= 11 is 0. The fourth-order valence-corrected chi connectivity index (χ4v) is 1.65. The van der Waals surface area contributed by atoms with E-state index in [-0.39, 0.29) is 6.61 Å².